The number of guanidine groups is 1. The van der Waals surface area contributed by atoms with Crippen LogP contribution in [-0.2, 0) is 13.1 Å². The minimum atomic E-state index is 0. The molecule has 1 aliphatic heterocycles. The van der Waals surface area contributed by atoms with Gasteiger partial charge >= 0.3 is 0 Å². The van der Waals surface area contributed by atoms with Gasteiger partial charge in [-0.05, 0) is 57.1 Å². The zero-order chi connectivity index (χ0) is 22.6. The zero-order valence-electron chi connectivity index (χ0n) is 20.3. The summed E-state index contributed by atoms with van der Waals surface area (Å²) in [6, 6.07) is 19.4. The summed E-state index contributed by atoms with van der Waals surface area (Å²) in [5, 5.41) is 7.05. The number of hydrogen-bond donors (Lipinski definition) is 2. The first-order valence-electron chi connectivity index (χ1n) is 11.8. The minimum absolute atomic E-state index is 0. The fraction of sp³-hybridized carbons (Fsp3) is 0.500. The molecule has 2 aromatic rings. The Morgan fingerprint density at radius 3 is 2.48 bits per heavy atom. The molecule has 0 saturated carbocycles. The van der Waals surface area contributed by atoms with E-state index < -0.39 is 0 Å². The SMILES string of the molecule is CCNC(=NCc1cccc(OCCN(C)C)c1)NC1CCN(Cc2ccccc2)CC1.I. The van der Waals surface area contributed by atoms with Gasteiger partial charge in [0.05, 0.1) is 6.54 Å². The standard InChI is InChI=1S/C26H39N5O.HI/c1-4-27-26(28-20-23-11-8-12-25(19-23)32-18-17-30(2)3)29-24-13-15-31(16-14-24)21-22-9-6-5-7-10-22;/h5-12,19,24H,4,13-18,20-21H2,1-3H3,(H2,27,28,29);1H. The largest absolute Gasteiger partial charge is 0.492 e. The van der Waals surface area contributed by atoms with Gasteiger partial charge in [0.1, 0.15) is 12.4 Å². The number of benzene rings is 2. The number of hydrogen-bond acceptors (Lipinski definition) is 4. The summed E-state index contributed by atoms with van der Waals surface area (Å²) in [6.45, 7) is 8.44. The minimum Gasteiger partial charge on any atom is -0.492 e. The molecule has 6 nitrogen and oxygen atoms in total. The van der Waals surface area contributed by atoms with Gasteiger partial charge in [0.15, 0.2) is 5.96 Å². The predicted molar refractivity (Wildman–Crippen MR) is 149 cm³/mol. The van der Waals surface area contributed by atoms with E-state index in [-0.39, 0.29) is 24.0 Å². The molecule has 0 aliphatic carbocycles. The van der Waals surface area contributed by atoms with Crippen LogP contribution in [0, 0.1) is 0 Å². The first-order valence-corrected chi connectivity index (χ1v) is 11.8. The van der Waals surface area contributed by atoms with E-state index in [4.69, 9.17) is 9.73 Å². The Labute approximate surface area is 216 Å². The third-order valence-corrected chi connectivity index (χ3v) is 5.65. The smallest absolute Gasteiger partial charge is 0.191 e. The summed E-state index contributed by atoms with van der Waals surface area (Å²) in [7, 11) is 4.10. The van der Waals surface area contributed by atoms with Crippen molar-refractivity contribution in [1.82, 2.24) is 20.4 Å². The van der Waals surface area contributed by atoms with Crippen LogP contribution in [0.4, 0.5) is 0 Å². The van der Waals surface area contributed by atoms with Crippen LogP contribution in [-0.4, -0.2) is 68.7 Å². The van der Waals surface area contributed by atoms with Crippen LogP contribution in [0.2, 0.25) is 0 Å². The van der Waals surface area contributed by atoms with Crippen molar-refractivity contribution < 1.29 is 4.74 Å². The molecule has 1 fully saturated rings. The molecule has 0 atom stereocenters. The van der Waals surface area contributed by atoms with Gasteiger partial charge in [-0.2, -0.15) is 0 Å². The number of nitrogens with zero attached hydrogens (tertiary/aromatic N) is 3. The van der Waals surface area contributed by atoms with Crippen molar-refractivity contribution >= 4 is 29.9 Å². The molecule has 1 heterocycles. The molecule has 0 spiro atoms. The van der Waals surface area contributed by atoms with E-state index >= 15 is 0 Å². The Hall–Kier alpha value is -1.84. The van der Waals surface area contributed by atoms with Crippen molar-refractivity contribution in [3.05, 3.63) is 65.7 Å². The molecule has 0 bridgehead atoms. The molecule has 0 aromatic heterocycles. The van der Waals surface area contributed by atoms with Crippen molar-refractivity contribution in [1.29, 1.82) is 0 Å². The number of likely N-dealkylation sites (tertiary alicyclic amines) is 1. The fourth-order valence-corrected chi connectivity index (χ4v) is 3.84. The summed E-state index contributed by atoms with van der Waals surface area (Å²) in [4.78, 5) is 9.49. The van der Waals surface area contributed by atoms with Crippen LogP contribution in [0.3, 0.4) is 0 Å². The molecule has 3 rings (SSSR count). The number of piperidine rings is 1. The van der Waals surface area contributed by atoms with Crippen LogP contribution < -0.4 is 15.4 Å². The summed E-state index contributed by atoms with van der Waals surface area (Å²) >= 11 is 0. The number of nitrogens with one attached hydrogen (secondary N) is 2. The maximum atomic E-state index is 5.86. The number of halogens is 1. The van der Waals surface area contributed by atoms with E-state index in [0.29, 0.717) is 19.2 Å². The van der Waals surface area contributed by atoms with Gasteiger partial charge in [-0.25, -0.2) is 4.99 Å². The van der Waals surface area contributed by atoms with E-state index in [2.05, 4.69) is 83.9 Å². The van der Waals surface area contributed by atoms with Crippen LogP contribution in [0.1, 0.15) is 30.9 Å². The van der Waals surface area contributed by atoms with Gasteiger partial charge in [0, 0.05) is 38.8 Å². The molecule has 0 amide bonds. The summed E-state index contributed by atoms with van der Waals surface area (Å²) in [6.07, 6.45) is 2.26. The lowest BCUT2D eigenvalue weighted by Gasteiger charge is -2.33. The van der Waals surface area contributed by atoms with Crippen LogP contribution >= 0.6 is 24.0 Å². The highest BCUT2D eigenvalue weighted by Gasteiger charge is 2.20. The van der Waals surface area contributed by atoms with Gasteiger partial charge in [-0.3, -0.25) is 4.90 Å². The van der Waals surface area contributed by atoms with Crippen molar-refractivity contribution in [3.8, 4) is 5.75 Å². The molecule has 1 aliphatic rings. The predicted octanol–water partition coefficient (Wildman–Crippen LogP) is 3.96. The molecule has 1 saturated heterocycles. The zero-order valence-corrected chi connectivity index (χ0v) is 22.6. The summed E-state index contributed by atoms with van der Waals surface area (Å²) in [5.74, 6) is 1.80. The van der Waals surface area contributed by atoms with E-state index in [1.165, 1.54) is 5.56 Å². The molecule has 7 heteroatoms. The molecular weight excluding hydrogens is 525 g/mol. The maximum absolute atomic E-state index is 5.86. The third-order valence-electron chi connectivity index (χ3n) is 5.65. The number of ether oxygens (including phenoxy) is 1. The first kappa shape index (κ1) is 27.4. The van der Waals surface area contributed by atoms with Crippen molar-refractivity contribution in [2.75, 3.05) is 46.9 Å². The Morgan fingerprint density at radius 1 is 1.06 bits per heavy atom. The van der Waals surface area contributed by atoms with Crippen LogP contribution in [0.5, 0.6) is 5.75 Å². The molecule has 2 aromatic carbocycles. The maximum Gasteiger partial charge on any atom is 0.191 e. The number of rotatable bonds is 10. The Kier molecular flexibility index (Phi) is 12.6. The average Bonchev–Trinajstić information content (AvgIpc) is 2.80. The van der Waals surface area contributed by atoms with E-state index in [1.54, 1.807) is 0 Å². The fourth-order valence-electron chi connectivity index (χ4n) is 3.84. The number of aliphatic imine (C=N–C) groups is 1. The lowest BCUT2D eigenvalue weighted by atomic mass is 10.0. The quantitative estimate of drug-likeness (QED) is 0.260. The second-order valence-corrected chi connectivity index (χ2v) is 8.67. The van der Waals surface area contributed by atoms with E-state index in [0.717, 1.165) is 62.8 Å². The van der Waals surface area contributed by atoms with Gasteiger partial charge < -0.3 is 20.3 Å². The van der Waals surface area contributed by atoms with Gasteiger partial charge in [0.2, 0.25) is 0 Å². The Morgan fingerprint density at radius 2 is 1.79 bits per heavy atom. The van der Waals surface area contributed by atoms with Crippen molar-refractivity contribution in [3.63, 3.8) is 0 Å². The first-order chi connectivity index (χ1) is 15.6. The molecule has 0 unspecified atom stereocenters. The highest BCUT2D eigenvalue weighted by Crippen LogP contribution is 2.15. The average molecular weight is 566 g/mol. The van der Waals surface area contributed by atoms with Crippen molar-refractivity contribution in [2.45, 2.75) is 38.9 Å². The Balaban J connectivity index is 0.00000385. The molecule has 2 N–H and O–H groups in total. The lowest BCUT2D eigenvalue weighted by Crippen LogP contribution is -2.48. The van der Waals surface area contributed by atoms with Gasteiger partial charge in [0.25, 0.3) is 0 Å². The molecule has 182 valence electrons. The highest BCUT2D eigenvalue weighted by molar-refractivity contribution is 14.0. The van der Waals surface area contributed by atoms with Crippen LogP contribution in [0.15, 0.2) is 59.6 Å². The normalized spacial score (nSPS) is 15.2. The molecular formula is C26H40IN5O. The summed E-state index contributed by atoms with van der Waals surface area (Å²) in [5.41, 5.74) is 2.55. The highest BCUT2D eigenvalue weighted by atomic mass is 127. The monoisotopic (exact) mass is 565 g/mol. The van der Waals surface area contributed by atoms with Gasteiger partial charge in [-0.15, -0.1) is 24.0 Å². The molecule has 0 radical (unpaired) electrons. The second-order valence-electron chi connectivity index (χ2n) is 8.67. The lowest BCUT2D eigenvalue weighted by molar-refractivity contribution is 0.198. The van der Waals surface area contributed by atoms with Gasteiger partial charge in [-0.1, -0.05) is 42.5 Å². The van der Waals surface area contributed by atoms with E-state index in [1.807, 2.05) is 12.1 Å². The second kappa shape index (κ2) is 15.1. The molecule has 33 heavy (non-hydrogen) atoms. The Bertz CT molecular complexity index is 822. The van der Waals surface area contributed by atoms with Crippen molar-refractivity contribution in [2.24, 2.45) is 4.99 Å². The third kappa shape index (κ3) is 10.3. The van der Waals surface area contributed by atoms with Crippen LogP contribution in [0.25, 0.3) is 0 Å². The summed E-state index contributed by atoms with van der Waals surface area (Å²) < 4.78 is 5.86. The topological polar surface area (TPSA) is 52.1 Å². The van der Waals surface area contributed by atoms with E-state index in [9.17, 15) is 0 Å². The number of likely N-dealkylation sites (N-methyl/N-ethyl adjacent to an activating group) is 1.